The van der Waals surface area contributed by atoms with E-state index in [9.17, 15) is 14.4 Å². The summed E-state index contributed by atoms with van der Waals surface area (Å²) in [6, 6.07) is 0.0571. The van der Waals surface area contributed by atoms with E-state index in [-0.39, 0.29) is 30.0 Å². The van der Waals surface area contributed by atoms with Gasteiger partial charge in [-0.3, -0.25) is 9.59 Å². The van der Waals surface area contributed by atoms with E-state index in [1.54, 1.807) is 23.2 Å². The number of fused-ring (bicyclic) bond motifs is 3. The molecule has 0 atom stereocenters. The molecule has 8 nitrogen and oxygen atoms in total. The lowest BCUT2D eigenvalue weighted by Gasteiger charge is -2.31. The molecule has 162 valence electrons. The van der Waals surface area contributed by atoms with Gasteiger partial charge in [-0.1, -0.05) is 0 Å². The van der Waals surface area contributed by atoms with E-state index in [1.807, 2.05) is 0 Å². The van der Waals surface area contributed by atoms with Crippen molar-refractivity contribution in [3.8, 4) is 0 Å². The number of aryl methyl sites for hydroxylation is 3. The highest BCUT2D eigenvalue weighted by molar-refractivity contribution is 7.18. The Bertz CT molecular complexity index is 991. The third-order valence-electron chi connectivity index (χ3n) is 5.85. The molecular weight excluding hydrogens is 404 g/mol. The van der Waals surface area contributed by atoms with Crippen LogP contribution in [0.5, 0.6) is 0 Å². The molecule has 4 rings (SSSR count). The van der Waals surface area contributed by atoms with E-state index in [2.05, 4.69) is 15.3 Å². The van der Waals surface area contributed by atoms with Gasteiger partial charge in [0.2, 0.25) is 5.91 Å². The van der Waals surface area contributed by atoms with E-state index in [0.717, 1.165) is 29.5 Å². The van der Waals surface area contributed by atoms with Gasteiger partial charge in [0.1, 0.15) is 10.7 Å². The van der Waals surface area contributed by atoms with E-state index < -0.39 is 0 Å². The Kier molecular flexibility index (Phi) is 6.36. The second-order valence-electron chi connectivity index (χ2n) is 7.93. The zero-order chi connectivity index (χ0) is 21.1. The van der Waals surface area contributed by atoms with Crippen molar-refractivity contribution in [1.29, 1.82) is 0 Å². The van der Waals surface area contributed by atoms with Gasteiger partial charge in [0.05, 0.1) is 12.0 Å². The number of aromatic nitrogens is 2. The van der Waals surface area contributed by atoms with E-state index in [4.69, 9.17) is 4.74 Å². The van der Waals surface area contributed by atoms with E-state index >= 15 is 0 Å². The zero-order valence-electron chi connectivity index (χ0n) is 17.3. The van der Waals surface area contributed by atoms with Crippen molar-refractivity contribution in [1.82, 2.24) is 20.2 Å². The highest BCUT2D eigenvalue weighted by Crippen LogP contribution is 2.33. The van der Waals surface area contributed by atoms with Gasteiger partial charge in [-0.25, -0.2) is 9.78 Å². The maximum Gasteiger partial charge on any atom is 0.409 e. The quantitative estimate of drug-likeness (QED) is 0.756. The molecule has 9 heteroatoms. The van der Waals surface area contributed by atoms with Gasteiger partial charge in [0.15, 0.2) is 0 Å². The Morgan fingerprint density at radius 3 is 2.80 bits per heavy atom. The maximum absolute atomic E-state index is 12.6. The Morgan fingerprint density at radius 1 is 1.27 bits per heavy atom. The van der Waals surface area contributed by atoms with Crippen molar-refractivity contribution in [2.45, 2.75) is 64.3 Å². The minimum absolute atomic E-state index is 0.0571. The van der Waals surface area contributed by atoms with Crippen molar-refractivity contribution in [2.75, 3.05) is 19.7 Å². The highest BCUT2D eigenvalue weighted by Gasteiger charge is 2.25. The van der Waals surface area contributed by atoms with Crippen LogP contribution >= 0.6 is 11.3 Å². The predicted molar refractivity (Wildman–Crippen MR) is 115 cm³/mol. The van der Waals surface area contributed by atoms with Gasteiger partial charge in [-0.15, -0.1) is 11.3 Å². The van der Waals surface area contributed by atoms with Crippen LogP contribution in [0.3, 0.4) is 0 Å². The van der Waals surface area contributed by atoms with Crippen LogP contribution in [-0.2, 0) is 28.8 Å². The molecule has 0 radical (unpaired) electrons. The van der Waals surface area contributed by atoms with Crippen molar-refractivity contribution in [3.05, 3.63) is 26.6 Å². The minimum atomic E-state index is -0.289. The van der Waals surface area contributed by atoms with Gasteiger partial charge < -0.3 is 19.9 Å². The zero-order valence-corrected chi connectivity index (χ0v) is 18.1. The van der Waals surface area contributed by atoms with E-state index in [1.165, 1.54) is 16.9 Å². The molecule has 0 saturated carbocycles. The molecule has 1 saturated heterocycles. The summed E-state index contributed by atoms with van der Waals surface area (Å²) in [5, 5.41) is 3.78. The number of nitrogens with one attached hydrogen (secondary N) is 2. The number of hydrogen-bond donors (Lipinski definition) is 2. The Morgan fingerprint density at radius 2 is 2.03 bits per heavy atom. The van der Waals surface area contributed by atoms with E-state index in [0.29, 0.717) is 44.8 Å². The number of rotatable bonds is 5. The molecule has 1 aliphatic heterocycles. The van der Waals surface area contributed by atoms with Gasteiger partial charge in [0, 0.05) is 36.9 Å². The molecule has 3 heterocycles. The molecule has 0 aromatic carbocycles. The van der Waals surface area contributed by atoms with Crippen molar-refractivity contribution in [3.63, 3.8) is 0 Å². The summed E-state index contributed by atoms with van der Waals surface area (Å²) in [5.41, 5.74) is 1.09. The van der Waals surface area contributed by atoms with Crippen LogP contribution in [-0.4, -0.2) is 52.6 Å². The van der Waals surface area contributed by atoms with Gasteiger partial charge >= 0.3 is 6.09 Å². The average Bonchev–Trinajstić information content (AvgIpc) is 3.12. The second-order valence-corrected chi connectivity index (χ2v) is 9.02. The number of nitrogens with zero attached hydrogens (tertiary/aromatic N) is 2. The molecule has 2 N–H and O–H groups in total. The van der Waals surface area contributed by atoms with Crippen LogP contribution in [0.4, 0.5) is 4.79 Å². The largest absolute Gasteiger partial charge is 0.450 e. The SMILES string of the molecule is CCOC(=O)N1CCC(NC(=O)CCc2nc3sc4c(c3c(=O)[nH]2)CCCC4)CC1. The number of likely N-dealkylation sites (tertiary alicyclic amines) is 1. The molecule has 0 bridgehead atoms. The Labute approximate surface area is 179 Å². The van der Waals surface area contributed by atoms with Gasteiger partial charge in [0.25, 0.3) is 5.56 Å². The molecule has 0 unspecified atom stereocenters. The van der Waals surface area contributed by atoms with Crippen LogP contribution in [0.15, 0.2) is 4.79 Å². The molecule has 2 aromatic heterocycles. The smallest absolute Gasteiger partial charge is 0.409 e. The first-order valence-corrected chi connectivity index (χ1v) is 11.6. The molecule has 1 aliphatic carbocycles. The number of H-pyrrole nitrogens is 1. The fourth-order valence-corrected chi connectivity index (χ4v) is 5.56. The Hall–Kier alpha value is -2.42. The lowest BCUT2D eigenvalue weighted by atomic mass is 9.97. The van der Waals surface area contributed by atoms with Crippen molar-refractivity contribution < 1.29 is 14.3 Å². The first-order valence-electron chi connectivity index (χ1n) is 10.8. The first-order chi connectivity index (χ1) is 14.5. The molecule has 0 spiro atoms. The topological polar surface area (TPSA) is 104 Å². The monoisotopic (exact) mass is 432 g/mol. The number of carbonyl (C=O) groups excluding carboxylic acids is 2. The third kappa shape index (κ3) is 4.50. The number of aromatic amines is 1. The van der Waals surface area contributed by atoms with Gasteiger partial charge in [-0.2, -0.15) is 0 Å². The van der Waals surface area contributed by atoms with Gasteiger partial charge in [-0.05, 0) is 51.0 Å². The lowest BCUT2D eigenvalue weighted by molar-refractivity contribution is -0.122. The average molecular weight is 433 g/mol. The summed E-state index contributed by atoms with van der Waals surface area (Å²) >= 11 is 1.62. The summed E-state index contributed by atoms with van der Waals surface area (Å²) in [7, 11) is 0. The van der Waals surface area contributed by atoms with Crippen LogP contribution in [0.25, 0.3) is 10.2 Å². The van der Waals surface area contributed by atoms with Crippen molar-refractivity contribution >= 4 is 33.6 Å². The van der Waals surface area contributed by atoms with Crippen LogP contribution in [0.1, 0.15) is 55.3 Å². The second kappa shape index (κ2) is 9.16. The first kappa shape index (κ1) is 20.8. The fourth-order valence-electron chi connectivity index (χ4n) is 4.28. The number of hydrogen-bond acceptors (Lipinski definition) is 6. The summed E-state index contributed by atoms with van der Waals surface area (Å²) in [6.07, 6.45) is 6.10. The standard InChI is InChI=1S/C21H28N4O4S/c1-2-29-21(28)25-11-9-13(10-12-25)22-17(26)8-7-16-23-19(27)18-14-5-3-4-6-15(14)30-20(18)24-16/h13H,2-12H2,1H3,(H,22,26)(H,23,24,27). The minimum Gasteiger partial charge on any atom is -0.450 e. The van der Waals surface area contributed by atoms with Crippen LogP contribution < -0.4 is 10.9 Å². The normalized spacial score (nSPS) is 17.0. The summed E-state index contributed by atoms with van der Waals surface area (Å²) < 4.78 is 5.02. The van der Waals surface area contributed by atoms with Crippen LogP contribution in [0, 0.1) is 0 Å². The number of thiophene rings is 1. The molecular formula is C21H28N4O4S. The molecule has 2 amide bonds. The van der Waals surface area contributed by atoms with Crippen molar-refractivity contribution in [2.24, 2.45) is 0 Å². The number of ether oxygens (including phenoxy) is 1. The molecule has 30 heavy (non-hydrogen) atoms. The summed E-state index contributed by atoms with van der Waals surface area (Å²) in [5.74, 6) is 0.510. The summed E-state index contributed by atoms with van der Waals surface area (Å²) in [4.78, 5) is 48.0. The molecule has 1 fully saturated rings. The maximum atomic E-state index is 12.6. The molecule has 2 aromatic rings. The third-order valence-corrected chi connectivity index (χ3v) is 7.03. The molecule has 2 aliphatic rings. The number of carbonyl (C=O) groups is 2. The number of piperidine rings is 1. The predicted octanol–water partition coefficient (Wildman–Crippen LogP) is 2.53. The summed E-state index contributed by atoms with van der Waals surface area (Å²) in [6.45, 7) is 3.32. The Balaban J connectivity index is 1.31. The fraction of sp³-hybridized carbons (Fsp3) is 0.619. The van der Waals surface area contributed by atoms with Crippen LogP contribution in [0.2, 0.25) is 0 Å². The number of amides is 2. The lowest BCUT2D eigenvalue weighted by Crippen LogP contribution is -2.46. The highest BCUT2D eigenvalue weighted by atomic mass is 32.1.